The number of carboxylic acid groups (broad SMARTS) is 1. The Morgan fingerprint density at radius 3 is 2.78 bits per heavy atom. The molecule has 0 aromatic carbocycles. The number of aliphatic carboxylic acids is 1. The quantitative estimate of drug-likeness (QED) is 0.679. The van der Waals surface area contributed by atoms with E-state index >= 15 is 0 Å². The predicted molar refractivity (Wildman–Crippen MR) is 69.4 cm³/mol. The van der Waals surface area contributed by atoms with Crippen LogP contribution in [0.15, 0.2) is 0 Å². The first-order valence-corrected chi connectivity index (χ1v) is 6.95. The largest absolute Gasteiger partial charge is 0.481 e. The highest BCUT2D eigenvalue weighted by Gasteiger charge is 2.22. The second kappa shape index (κ2) is 7.74. The molecule has 4 heteroatoms. The Kier molecular flexibility index (Phi) is 6.65. The molecule has 1 aliphatic rings. The molecule has 4 nitrogen and oxygen atoms in total. The summed E-state index contributed by atoms with van der Waals surface area (Å²) in [5.41, 5.74) is 0.0965. The topological polar surface area (TPSA) is 55.8 Å². The van der Waals surface area contributed by atoms with Crippen LogP contribution in [-0.2, 0) is 14.3 Å². The van der Waals surface area contributed by atoms with E-state index in [-0.39, 0.29) is 18.1 Å². The Morgan fingerprint density at radius 2 is 2.17 bits per heavy atom. The lowest BCUT2D eigenvalue weighted by Crippen LogP contribution is -2.28. The number of carbonyl (C=O) groups is 1. The van der Waals surface area contributed by atoms with Gasteiger partial charge in [0.1, 0.15) is 0 Å². The maximum absolute atomic E-state index is 10.4. The average Bonchev–Trinajstić information content (AvgIpc) is 2.34. The normalized spacial score (nSPS) is 20.9. The maximum atomic E-state index is 10.4. The minimum Gasteiger partial charge on any atom is -0.481 e. The van der Waals surface area contributed by atoms with Gasteiger partial charge in [0.05, 0.1) is 6.61 Å². The Hall–Kier alpha value is -0.610. The average molecular weight is 258 g/mol. The van der Waals surface area contributed by atoms with E-state index in [1.807, 2.05) is 0 Å². The van der Waals surface area contributed by atoms with E-state index in [0.717, 1.165) is 38.7 Å². The molecule has 1 aliphatic heterocycles. The van der Waals surface area contributed by atoms with E-state index in [1.165, 1.54) is 6.42 Å². The van der Waals surface area contributed by atoms with Crippen LogP contribution >= 0.6 is 0 Å². The molecule has 0 aromatic rings. The number of ether oxygens (including phenoxy) is 2. The maximum Gasteiger partial charge on any atom is 0.303 e. The van der Waals surface area contributed by atoms with Crippen molar-refractivity contribution < 1.29 is 19.4 Å². The summed E-state index contributed by atoms with van der Waals surface area (Å²) in [5, 5.41) is 8.58. The second-order valence-electron chi connectivity index (χ2n) is 5.87. The van der Waals surface area contributed by atoms with Crippen LogP contribution in [0.3, 0.4) is 0 Å². The van der Waals surface area contributed by atoms with E-state index in [1.54, 1.807) is 0 Å². The van der Waals surface area contributed by atoms with Crippen molar-refractivity contribution in [1.29, 1.82) is 0 Å². The highest BCUT2D eigenvalue weighted by atomic mass is 16.7. The van der Waals surface area contributed by atoms with Crippen LogP contribution in [0.1, 0.15) is 58.8 Å². The molecular weight excluding hydrogens is 232 g/mol. The first-order valence-electron chi connectivity index (χ1n) is 6.95. The summed E-state index contributed by atoms with van der Waals surface area (Å²) < 4.78 is 11.3. The molecule has 0 bridgehead atoms. The van der Waals surface area contributed by atoms with E-state index in [4.69, 9.17) is 14.6 Å². The standard InChI is InChI=1S/C14H26O4/c1-14(2,9-5-3-7-12(15)16)11-18-13-8-4-6-10-17-13/h13H,3-11H2,1-2H3,(H,15,16). The van der Waals surface area contributed by atoms with Gasteiger partial charge in [-0.25, -0.2) is 0 Å². The van der Waals surface area contributed by atoms with Crippen LogP contribution in [0.25, 0.3) is 0 Å². The molecule has 1 unspecified atom stereocenters. The molecule has 1 rings (SSSR count). The van der Waals surface area contributed by atoms with Gasteiger partial charge in [0.2, 0.25) is 0 Å². The summed E-state index contributed by atoms with van der Waals surface area (Å²) in [7, 11) is 0. The van der Waals surface area contributed by atoms with Crippen LogP contribution in [0.4, 0.5) is 0 Å². The molecule has 0 spiro atoms. The third kappa shape index (κ3) is 6.97. The van der Waals surface area contributed by atoms with Crippen LogP contribution < -0.4 is 0 Å². The molecule has 0 aliphatic carbocycles. The Labute approximate surface area is 110 Å². The SMILES string of the molecule is CC(C)(CCCCC(=O)O)COC1CCCCO1. The summed E-state index contributed by atoms with van der Waals surface area (Å²) in [6, 6.07) is 0. The minimum absolute atomic E-state index is 0.0305. The van der Waals surface area contributed by atoms with Crippen molar-refractivity contribution in [3.8, 4) is 0 Å². The molecule has 18 heavy (non-hydrogen) atoms. The highest BCUT2D eigenvalue weighted by molar-refractivity contribution is 5.66. The molecule has 1 N–H and O–H groups in total. The fraction of sp³-hybridized carbons (Fsp3) is 0.929. The Bertz CT molecular complexity index is 244. The second-order valence-corrected chi connectivity index (χ2v) is 5.87. The highest BCUT2D eigenvalue weighted by Crippen LogP contribution is 2.26. The molecule has 1 saturated heterocycles. The molecule has 106 valence electrons. The number of carboxylic acids is 1. The molecule has 0 saturated carbocycles. The summed E-state index contributed by atoms with van der Waals surface area (Å²) in [6.07, 6.45) is 6.23. The van der Waals surface area contributed by atoms with Crippen molar-refractivity contribution >= 4 is 5.97 Å². The van der Waals surface area contributed by atoms with Gasteiger partial charge in [-0.3, -0.25) is 4.79 Å². The molecule has 1 fully saturated rings. The monoisotopic (exact) mass is 258 g/mol. The summed E-state index contributed by atoms with van der Waals surface area (Å²) in [6.45, 7) is 5.82. The van der Waals surface area contributed by atoms with Gasteiger partial charge in [0, 0.05) is 13.0 Å². The molecule has 0 amide bonds. The fourth-order valence-corrected chi connectivity index (χ4v) is 2.11. The molecule has 0 radical (unpaired) electrons. The smallest absolute Gasteiger partial charge is 0.303 e. The Morgan fingerprint density at radius 1 is 1.39 bits per heavy atom. The van der Waals surface area contributed by atoms with Crippen molar-refractivity contribution in [2.24, 2.45) is 5.41 Å². The zero-order valence-corrected chi connectivity index (χ0v) is 11.6. The van der Waals surface area contributed by atoms with Gasteiger partial charge >= 0.3 is 5.97 Å². The van der Waals surface area contributed by atoms with E-state index in [0.29, 0.717) is 6.61 Å². The molecule has 1 atom stereocenters. The first kappa shape index (κ1) is 15.4. The van der Waals surface area contributed by atoms with Gasteiger partial charge < -0.3 is 14.6 Å². The third-order valence-corrected chi connectivity index (χ3v) is 3.29. The van der Waals surface area contributed by atoms with Crippen molar-refractivity contribution in [2.45, 2.75) is 65.1 Å². The van der Waals surface area contributed by atoms with Crippen molar-refractivity contribution in [1.82, 2.24) is 0 Å². The minimum atomic E-state index is -0.709. The van der Waals surface area contributed by atoms with Gasteiger partial charge in [0.25, 0.3) is 0 Å². The van der Waals surface area contributed by atoms with Gasteiger partial charge in [-0.15, -0.1) is 0 Å². The molecular formula is C14H26O4. The molecule has 1 heterocycles. The zero-order chi connectivity index (χ0) is 13.4. The number of hydrogen-bond acceptors (Lipinski definition) is 3. The Balaban J connectivity index is 2.11. The van der Waals surface area contributed by atoms with E-state index < -0.39 is 5.97 Å². The summed E-state index contributed by atoms with van der Waals surface area (Å²) in [5.74, 6) is -0.709. The van der Waals surface area contributed by atoms with E-state index in [2.05, 4.69) is 13.8 Å². The lowest BCUT2D eigenvalue weighted by Gasteiger charge is -2.29. The van der Waals surface area contributed by atoms with Crippen molar-refractivity contribution in [3.05, 3.63) is 0 Å². The number of rotatable bonds is 8. The fourth-order valence-electron chi connectivity index (χ4n) is 2.11. The van der Waals surface area contributed by atoms with Crippen LogP contribution in [-0.4, -0.2) is 30.6 Å². The van der Waals surface area contributed by atoms with Crippen LogP contribution in [0.5, 0.6) is 0 Å². The first-order chi connectivity index (χ1) is 8.49. The van der Waals surface area contributed by atoms with Gasteiger partial charge in [-0.2, -0.15) is 0 Å². The van der Waals surface area contributed by atoms with Gasteiger partial charge in [-0.1, -0.05) is 20.3 Å². The summed E-state index contributed by atoms with van der Waals surface area (Å²) in [4.78, 5) is 10.4. The van der Waals surface area contributed by atoms with E-state index in [9.17, 15) is 4.79 Å². The zero-order valence-electron chi connectivity index (χ0n) is 11.6. The molecule has 0 aromatic heterocycles. The third-order valence-electron chi connectivity index (χ3n) is 3.29. The lowest BCUT2D eigenvalue weighted by molar-refractivity contribution is -0.176. The van der Waals surface area contributed by atoms with Gasteiger partial charge in [0.15, 0.2) is 6.29 Å². The number of hydrogen-bond donors (Lipinski definition) is 1. The van der Waals surface area contributed by atoms with Gasteiger partial charge in [-0.05, 0) is 37.5 Å². The number of unbranched alkanes of at least 4 members (excludes halogenated alkanes) is 1. The van der Waals surface area contributed by atoms with Crippen LogP contribution in [0, 0.1) is 5.41 Å². The summed E-state index contributed by atoms with van der Waals surface area (Å²) >= 11 is 0. The predicted octanol–water partition coefficient (Wildman–Crippen LogP) is 3.20. The van der Waals surface area contributed by atoms with Crippen LogP contribution in [0.2, 0.25) is 0 Å². The lowest BCUT2D eigenvalue weighted by atomic mass is 9.88. The van der Waals surface area contributed by atoms with Crippen molar-refractivity contribution in [3.63, 3.8) is 0 Å². The van der Waals surface area contributed by atoms with Crippen molar-refractivity contribution in [2.75, 3.05) is 13.2 Å².